The third kappa shape index (κ3) is 12.6. The summed E-state index contributed by atoms with van der Waals surface area (Å²) in [5.74, 6) is 0.338. The second kappa shape index (κ2) is 18.1. The topological polar surface area (TPSA) is 121 Å². The van der Waals surface area contributed by atoms with E-state index in [1.165, 1.54) is 6.08 Å². The molecule has 2 amide bonds. The first-order valence-corrected chi connectivity index (χ1v) is 16.5. The van der Waals surface area contributed by atoms with Gasteiger partial charge in [-0.2, -0.15) is 0 Å². The van der Waals surface area contributed by atoms with Gasteiger partial charge in [0, 0.05) is 11.1 Å². The number of carbonyl (C=O) groups excluding carboxylic acids is 3. The molecule has 0 bridgehead atoms. The third-order valence-electron chi connectivity index (χ3n) is 6.76. The van der Waals surface area contributed by atoms with Gasteiger partial charge >= 0.3 is 5.97 Å². The molecule has 0 atom stereocenters. The fourth-order valence-corrected chi connectivity index (χ4v) is 4.27. The number of aryl methyl sites for hydroxylation is 1. The van der Waals surface area contributed by atoms with Crippen LogP contribution in [0.25, 0.3) is 0 Å². The van der Waals surface area contributed by atoms with E-state index in [1.807, 2.05) is 61.5 Å². The SMILES string of the molecule is C=CCOC(=O)c1ccc(NC(=O)c2ccc(NC(=O)c3ccc(C)c(OCCOC(C)(C)C)c3)c(OCC(C)C)c2)c(OCC(C)C)c1. The van der Waals surface area contributed by atoms with E-state index < -0.39 is 11.9 Å². The Labute approximate surface area is 290 Å². The summed E-state index contributed by atoms with van der Waals surface area (Å²) in [6.45, 7) is 21.0. The van der Waals surface area contributed by atoms with Crippen LogP contribution in [-0.2, 0) is 9.47 Å². The second-order valence-electron chi connectivity index (χ2n) is 13.4. The Kier molecular flexibility index (Phi) is 14.2. The molecule has 10 nitrogen and oxygen atoms in total. The van der Waals surface area contributed by atoms with Crippen molar-refractivity contribution in [3.05, 3.63) is 89.5 Å². The van der Waals surface area contributed by atoms with Gasteiger partial charge < -0.3 is 34.3 Å². The van der Waals surface area contributed by atoms with Crippen LogP contribution in [0.2, 0.25) is 0 Å². The fourth-order valence-electron chi connectivity index (χ4n) is 4.27. The van der Waals surface area contributed by atoms with Crippen LogP contribution in [0.4, 0.5) is 11.4 Å². The van der Waals surface area contributed by atoms with Crippen LogP contribution in [-0.4, -0.2) is 56.4 Å². The average Bonchev–Trinajstić information content (AvgIpc) is 3.04. The maximum Gasteiger partial charge on any atom is 0.338 e. The van der Waals surface area contributed by atoms with E-state index in [-0.39, 0.29) is 35.5 Å². The van der Waals surface area contributed by atoms with E-state index in [0.717, 1.165) is 5.56 Å². The van der Waals surface area contributed by atoms with Crippen molar-refractivity contribution in [3.63, 3.8) is 0 Å². The van der Waals surface area contributed by atoms with Gasteiger partial charge in [-0.25, -0.2) is 4.79 Å². The Morgan fingerprint density at radius 3 is 1.71 bits per heavy atom. The summed E-state index contributed by atoms with van der Waals surface area (Å²) in [4.78, 5) is 39.3. The van der Waals surface area contributed by atoms with Crippen molar-refractivity contribution in [2.24, 2.45) is 11.8 Å². The van der Waals surface area contributed by atoms with Gasteiger partial charge in [-0.1, -0.05) is 46.4 Å². The highest BCUT2D eigenvalue weighted by molar-refractivity contribution is 6.08. The predicted molar refractivity (Wildman–Crippen MR) is 192 cm³/mol. The minimum Gasteiger partial charge on any atom is -0.491 e. The highest BCUT2D eigenvalue weighted by Crippen LogP contribution is 2.31. The Hall–Kier alpha value is -4.83. The van der Waals surface area contributed by atoms with E-state index in [1.54, 1.807) is 48.5 Å². The zero-order valence-corrected chi connectivity index (χ0v) is 29.9. The van der Waals surface area contributed by atoms with Crippen LogP contribution >= 0.6 is 0 Å². The lowest BCUT2D eigenvalue weighted by molar-refractivity contribution is -0.0163. The molecular weight excluding hydrogens is 624 g/mol. The third-order valence-corrected chi connectivity index (χ3v) is 6.76. The van der Waals surface area contributed by atoms with Crippen LogP contribution in [0.1, 0.15) is 85.1 Å². The molecule has 2 N–H and O–H groups in total. The lowest BCUT2D eigenvalue weighted by Crippen LogP contribution is -2.22. The number of amides is 2. The maximum atomic E-state index is 13.5. The lowest BCUT2D eigenvalue weighted by Gasteiger charge is -2.20. The first kappa shape index (κ1) is 38.6. The largest absolute Gasteiger partial charge is 0.491 e. The van der Waals surface area contributed by atoms with Gasteiger partial charge in [-0.15, -0.1) is 0 Å². The molecule has 3 aromatic rings. The number of esters is 1. The first-order chi connectivity index (χ1) is 23.2. The van der Waals surface area contributed by atoms with E-state index in [0.29, 0.717) is 66.2 Å². The molecule has 0 unspecified atom stereocenters. The molecule has 0 heterocycles. The molecule has 0 aliphatic heterocycles. The molecule has 3 aromatic carbocycles. The highest BCUT2D eigenvalue weighted by Gasteiger charge is 2.19. The molecule has 0 radical (unpaired) electrons. The Morgan fingerprint density at radius 2 is 1.20 bits per heavy atom. The molecule has 10 heteroatoms. The van der Waals surface area contributed by atoms with Gasteiger partial charge in [0.25, 0.3) is 11.8 Å². The zero-order valence-electron chi connectivity index (χ0n) is 29.9. The van der Waals surface area contributed by atoms with E-state index in [2.05, 4.69) is 17.2 Å². The smallest absolute Gasteiger partial charge is 0.338 e. The molecule has 0 spiro atoms. The van der Waals surface area contributed by atoms with Gasteiger partial charge in [0.15, 0.2) is 0 Å². The first-order valence-electron chi connectivity index (χ1n) is 16.5. The minimum atomic E-state index is -0.531. The summed E-state index contributed by atoms with van der Waals surface area (Å²) in [5, 5.41) is 5.80. The molecular formula is C39H50N2O8. The summed E-state index contributed by atoms with van der Waals surface area (Å²) in [5.41, 5.74) is 2.39. The number of nitrogens with one attached hydrogen (secondary N) is 2. The van der Waals surface area contributed by atoms with Crippen molar-refractivity contribution in [1.82, 2.24) is 0 Å². The van der Waals surface area contributed by atoms with Crippen molar-refractivity contribution in [1.29, 1.82) is 0 Å². The van der Waals surface area contributed by atoms with Crippen molar-refractivity contribution < 1.29 is 38.1 Å². The quantitative estimate of drug-likeness (QED) is 0.0837. The van der Waals surface area contributed by atoms with E-state index >= 15 is 0 Å². The number of benzene rings is 3. The van der Waals surface area contributed by atoms with Crippen molar-refractivity contribution >= 4 is 29.2 Å². The minimum absolute atomic E-state index is 0.0747. The fraction of sp³-hybridized carbons (Fsp3) is 0.410. The van der Waals surface area contributed by atoms with E-state index in [4.69, 9.17) is 23.7 Å². The number of rotatable bonds is 17. The second-order valence-corrected chi connectivity index (χ2v) is 13.4. The number of ether oxygens (including phenoxy) is 5. The zero-order chi connectivity index (χ0) is 36.1. The molecule has 49 heavy (non-hydrogen) atoms. The Balaban J connectivity index is 1.82. The number of hydrogen-bond donors (Lipinski definition) is 2. The van der Waals surface area contributed by atoms with Crippen LogP contribution in [0.3, 0.4) is 0 Å². The van der Waals surface area contributed by atoms with Crippen LogP contribution in [0.5, 0.6) is 17.2 Å². The van der Waals surface area contributed by atoms with E-state index in [9.17, 15) is 14.4 Å². The summed E-state index contributed by atoms with van der Waals surface area (Å²) in [7, 11) is 0. The standard InChI is InChI=1S/C39H50N2O8/c1-10-17-46-38(44)30-14-16-32(35(22-30)48-24-26(4)5)41-37(43)29-13-15-31(34(21-29)47-23-25(2)3)40-36(42)28-12-11-27(6)33(20-28)45-18-19-49-39(7,8)9/h10-16,20-22,25-26H,1,17-19,23-24H2,2-9H3,(H,40,42)(H,41,43). The molecule has 0 saturated carbocycles. The molecule has 264 valence electrons. The highest BCUT2D eigenvalue weighted by atomic mass is 16.5. The van der Waals surface area contributed by atoms with Gasteiger partial charge in [-0.05, 0) is 93.6 Å². The summed E-state index contributed by atoms with van der Waals surface area (Å²) in [6, 6.07) is 14.8. The Morgan fingerprint density at radius 1 is 0.714 bits per heavy atom. The maximum absolute atomic E-state index is 13.5. The monoisotopic (exact) mass is 674 g/mol. The van der Waals surface area contributed by atoms with Gasteiger partial charge in [0.1, 0.15) is 30.5 Å². The van der Waals surface area contributed by atoms with Crippen molar-refractivity contribution in [3.8, 4) is 17.2 Å². The molecule has 0 fully saturated rings. The summed E-state index contributed by atoms with van der Waals surface area (Å²) in [6.07, 6.45) is 1.48. The Bertz CT molecular complexity index is 1610. The molecule has 3 rings (SSSR count). The van der Waals surface area contributed by atoms with Crippen molar-refractivity contribution in [2.45, 2.75) is 61.0 Å². The summed E-state index contributed by atoms with van der Waals surface area (Å²) < 4.78 is 28.8. The van der Waals surface area contributed by atoms with Gasteiger partial charge in [0.2, 0.25) is 0 Å². The number of hydrogen-bond acceptors (Lipinski definition) is 8. The molecule has 0 aliphatic rings. The number of anilines is 2. The predicted octanol–water partition coefficient (Wildman–Crippen LogP) is 8.11. The average molecular weight is 675 g/mol. The summed E-state index contributed by atoms with van der Waals surface area (Å²) >= 11 is 0. The normalized spacial score (nSPS) is 11.2. The molecule has 0 aromatic heterocycles. The molecule has 0 saturated heterocycles. The van der Waals surface area contributed by atoms with Crippen molar-refractivity contribution in [2.75, 3.05) is 43.7 Å². The van der Waals surface area contributed by atoms with Gasteiger partial charge in [0.05, 0.1) is 42.4 Å². The van der Waals surface area contributed by atoms with Crippen LogP contribution < -0.4 is 24.8 Å². The van der Waals surface area contributed by atoms with Gasteiger partial charge in [-0.3, -0.25) is 9.59 Å². The van der Waals surface area contributed by atoms with Crippen LogP contribution in [0.15, 0.2) is 67.3 Å². The lowest BCUT2D eigenvalue weighted by atomic mass is 10.1. The number of carbonyl (C=O) groups is 3. The molecule has 0 aliphatic carbocycles. The van der Waals surface area contributed by atoms with Crippen LogP contribution in [0, 0.1) is 18.8 Å².